The molecule has 5 heteroatoms. The van der Waals surface area contributed by atoms with Gasteiger partial charge >= 0.3 is 6.30 Å². The summed E-state index contributed by atoms with van der Waals surface area (Å²) in [5.41, 5.74) is 0. The highest BCUT2D eigenvalue weighted by Crippen LogP contribution is 2.20. The molecule has 0 aromatic heterocycles. The van der Waals surface area contributed by atoms with Crippen LogP contribution in [0.25, 0.3) is 0 Å². The molecule has 0 saturated carbocycles. The van der Waals surface area contributed by atoms with E-state index in [0.717, 1.165) is 32.9 Å². The fourth-order valence-corrected chi connectivity index (χ4v) is 1.51. The van der Waals surface area contributed by atoms with E-state index in [-0.39, 0.29) is 12.6 Å². The molecule has 13 heavy (non-hydrogen) atoms. The van der Waals surface area contributed by atoms with E-state index < -0.39 is 6.30 Å². The van der Waals surface area contributed by atoms with Gasteiger partial charge in [0.15, 0.2) is 0 Å². The molecule has 1 heterocycles. The lowest BCUT2D eigenvalue weighted by Gasteiger charge is -2.29. The molecule has 0 aliphatic carbocycles. The Labute approximate surface area is 76.1 Å². The lowest BCUT2D eigenvalue weighted by atomic mass is 10.1. The van der Waals surface area contributed by atoms with E-state index in [0.29, 0.717) is 4.90 Å². The molecule has 1 aliphatic rings. The Bertz CT molecular complexity index is 152. The van der Waals surface area contributed by atoms with Gasteiger partial charge in [0.05, 0.1) is 0 Å². The first kappa shape index (κ1) is 10.8. The normalized spacial score (nSPS) is 25.2. The minimum Gasteiger partial charge on any atom is -0.313 e. The molecule has 1 atom stereocenters. The van der Waals surface area contributed by atoms with Gasteiger partial charge in [-0.1, -0.05) is 6.42 Å². The molecule has 1 rings (SSSR count). The van der Waals surface area contributed by atoms with Crippen LogP contribution in [0.2, 0.25) is 0 Å². The van der Waals surface area contributed by atoms with Crippen molar-refractivity contribution in [1.82, 2.24) is 10.2 Å². The molecule has 1 aliphatic heterocycles. The van der Waals surface area contributed by atoms with Crippen molar-refractivity contribution < 1.29 is 13.2 Å². The Morgan fingerprint density at radius 2 is 2.08 bits per heavy atom. The van der Waals surface area contributed by atoms with Crippen LogP contribution in [0.3, 0.4) is 0 Å². The topological polar surface area (TPSA) is 15.3 Å². The summed E-state index contributed by atoms with van der Waals surface area (Å²) in [5, 5.41) is 3.08. The Morgan fingerprint density at radius 1 is 1.38 bits per heavy atom. The SMILES string of the molecule is CN(CC1CCCCN1)C(F)(F)F. The van der Waals surface area contributed by atoms with Crippen molar-refractivity contribution in [2.45, 2.75) is 31.6 Å². The van der Waals surface area contributed by atoms with Crippen LogP contribution in [0.15, 0.2) is 0 Å². The predicted molar refractivity (Wildman–Crippen MR) is 44.3 cm³/mol. The van der Waals surface area contributed by atoms with Gasteiger partial charge in [-0.2, -0.15) is 13.2 Å². The van der Waals surface area contributed by atoms with E-state index in [4.69, 9.17) is 0 Å². The monoisotopic (exact) mass is 196 g/mol. The molecule has 1 N–H and O–H groups in total. The average molecular weight is 196 g/mol. The molecule has 2 nitrogen and oxygen atoms in total. The van der Waals surface area contributed by atoms with E-state index in [1.807, 2.05) is 0 Å². The molecular formula is C8H15F3N2. The summed E-state index contributed by atoms with van der Waals surface area (Å²) in [7, 11) is 1.09. The number of alkyl halides is 3. The molecule has 0 amide bonds. The first-order valence-corrected chi connectivity index (χ1v) is 4.51. The maximum Gasteiger partial charge on any atom is 0.459 e. The number of nitrogens with one attached hydrogen (secondary N) is 1. The van der Waals surface area contributed by atoms with Crippen molar-refractivity contribution in [1.29, 1.82) is 0 Å². The van der Waals surface area contributed by atoms with E-state index in [2.05, 4.69) is 5.32 Å². The van der Waals surface area contributed by atoms with Crippen LogP contribution < -0.4 is 5.32 Å². The molecule has 0 aromatic carbocycles. The van der Waals surface area contributed by atoms with Crippen LogP contribution in [0, 0.1) is 0 Å². The minimum atomic E-state index is -4.20. The van der Waals surface area contributed by atoms with Crippen LogP contribution in [0.4, 0.5) is 13.2 Å². The van der Waals surface area contributed by atoms with Crippen molar-refractivity contribution in [2.75, 3.05) is 20.1 Å². The van der Waals surface area contributed by atoms with E-state index in [1.165, 1.54) is 0 Å². The Balaban J connectivity index is 2.30. The van der Waals surface area contributed by atoms with Crippen LogP contribution in [-0.4, -0.2) is 37.4 Å². The second kappa shape index (κ2) is 4.28. The fourth-order valence-electron chi connectivity index (χ4n) is 1.51. The van der Waals surface area contributed by atoms with Crippen LogP contribution in [-0.2, 0) is 0 Å². The van der Waals surface area contributed by atoms with Crippen molar-refractivity contribution in [3.63, 3.8) is 0 Å². The predicted octanol–water partition coefficient (Wildman–Crippen LogP) is 1.58. The standard InChI is InChI=1S/C8H15F3N2/c1-13(8(9,10)11)6-7-4-2-3-5-12-7/h7,12H,2-6H2,1H3. The number of hydrogen-bond acceptors (Lipinski definition) is 2. The van der Waals surface area contributed by atoms with Gasteiger partial charge in [-0.05, 0) is 26.4 Å². The van der Waals surface area contributed by atoms with Gasteiger partial charge in [-0.15, -0.1) is 0 Å². The lowest BCUT2D eigenvalue weighted by molar-refractivity contribution is -0.238. The van der Waals surface area contributed by atoms with E-state index in [1.54, 1.807) is 0 Å². The number of likely N-dealkylation sites (N-methyl/N-ethyl adjacent to an activating group) is 1. The Morgan fingerprint density at radius 3 is 2.54 bits per heavy atom. The first-order chi connectivity index (χ1) is 6.00. The molecule has 0 spiro atoms. The smallest absolute Gasteiger partial charge is 0.313 e. The quantitative estimate of drug-likeness (QED) is 0.674. The zero-order valence-electron chi connectivity index (χ0n) is 7.69. The van der Waals surface area contributed by atoms with Gasteiger partial charge in [0.2, 0.25) is 0 Å². The lowest BCUT2D eigenvalue weighted by Crippen LogP contribution is -2.46. The zero-order valence-corrected chi connectivity index (χ0v) is 7.69. The highest BCUT2D eigenvalue weighted by Gasteiger charge is 2.35. The van der Waals surface area contributed by atoms with Crippen LogP contribution in [0.5, 0.6) is 0 Å². The third-order valence-corrected chi connectivity index (χ3v) is 2.34. The average Bonchev–Trinajstić information content (AvgIpc) is 2.04. The molecule has 1 unspecified atom stereocenters. The third kappa shape index (κ3) is 3.52. The summed E-state index contributed by atoms with van der Waals surface area (Å²) in [6, 6.07) is 0.000347. The molecule has 78 valence electrons. The minimum absolute atomic E-state index is 0.000347. The number of piperidine rings is 1. The van der Waals surface area contributed by atoms with Crippen molar-refractivity contribution in [2.24, 2.45) is 0 Å². The van der Waals surface area contributed by atoms with E-state index in [9.17, 15) is 13.2 Å². The van der Waals surface area contributed by atoms with Gasteiger partial charge in [-0.25, -0.2) is 4.90 Å². The molecule has 1 saturated heterocycles. The van der Waals surface area contributed by atoms with E-state index >= 15 is 0 Å². The van der Waals surface area contributed by atoms with Crippen molar-refractivity contribution in [3.8, 4) is 0 Å². The summed E-state index contributed by atoms with van der Waals surface area (Å²) in [6.07, 6.45) is -1.24. The highest BCUT2D eigenvalue weighted by atomic mass is 19.4. The summed E-state index contributed by atoms with van der Waals surface area (Å²) in [4.78, 5) is 0.440. The summed E-state index contributed by atoms with van der Waals surface area (Å²) in [6.45, 7) is 0.903. The molecule has 0 bridgehead atoms. The highest BCUT2D eigenvalue weighted by molar-refractivity contribution is 4.75. The van der Waals surface area contributed by atoms with Gasteiger partial charge in [0.25, 0.3) is 0 Å². The number of rotatable bonds is 2. The number of hydrogen-bond donors (Lipinski definition) is 1. The van der Waals surface area contributed by atoms with Gasteiger partial charge in [-0.3, -0.25) is 0 Å². The Hall–Kier alpha value is -0.290. The fraction of sp³-hybridized carbons (Fsp3) is 1.00. The maximum absolute atomic E-state index is 12.1. The number of halogens is 3. The number of nitrogens with zero attached hydrogens (tertiary/aromatic N) is 1. The first-order valence-electron chi connectivity index (χ1n) is 4.51. The maximum atomic E-state index is 12.1. The van der Waals surface area contributed by atoms with Crippen LogP contribution >= 0.6 is 0 Å². The summed E-state index contributed by atoms with van der Waals surface area (Å²) in [5.74, 6) is 0. The largest absolute Gasteiger partial charge is 0.459 e. The Kier molecular flexibility index (Phi) is 3.55. The molecule has 1 fully saturated rings. The molecular weight excluding hydrogens is 181 g/mol. The molecule has 0 aromatic rings. The van der Waals surface area contributed by atoms with Gasteiger partial charge in [0.1, 0.15) is 0 Å². The van der Waals surface area contributed by atoms with Crippen molar-refractivity contribution >= 4 is 0 Å². The second-order valence-electron chi connectivity index (χ2n) is 3.50. The van der Waals surface area contributed by atoms with Gasteiger partial charge < -0.3 is 5.32 Å². The zero-order chi connectivity index (χ0) is 9.90. The third-order valence-electron chi connectivity index (χ3n) is 2.34. The van der Waals surface area contributed by atoms with Crippen molar-refractivity contribution in [3.05, 3.63) is 0 Å². The summed E-state index contributed by atoms with van der Waals surface area (Å²) >= 11 is 0. The molecule has 0 radical (unpaired) electrons. The second-order valence-corrected chi connectivity index (χ2v) is 3.50. The van der Waals surface area contributed by atoms with Gasteiger partial charge in [0, 0.05) is 12.6 Å². The van der Waals surface area contributed by atoms with Crippen LogP contribution in [0.1, 0.15) is 19.3 Å². The summed E-state index contributed by atoms with van der Waals surface area (Å²) < 4.78 is 36.3.